The predicted octanol–water partition coefficient (Wildman–Crippen LogP) is 2.40. The molecule has 0 aliphatic carbocycles. The number of amides is 1. The van der Waals surface area contributed by atoms with E-state index in [0.29, 0.717) is 12.6 Å². The molecule has 1 unspecified atom stereocenters. The summed E-state index contributed by atoms with van der Waals surface area (Å²) in [7, 11) is 4.04. The molecule has 2 heterocycles. The van der Waals surface area contributed by atoms with Gasteiger partial charge in [-0.3, -0.25) is 4.79 Å². The van der Waals surface area contributed by atoms with Gasteiger partial charge in [0.2, 0.25) is 5.91 Å². The van der Waals surface area contributed by atoms with E-state index in [1.807, 2.05) is 31.1 Å². The third-order valence-corrected chi connectivity index (χ3v) is 4.91. The van der Waals surface area contributed by atoms with E-state index in [4.69, 9.17) is 5.26 Å². The molecule has 0 saturated heterocycles. The molecule has 0 fully saturated rings. The summed E-state index contributed by atoms with van der Waals surface area (Å²) >= 11 is 1.50. The number of likely N-dealkylation sites (N-methyl/N-ethyl adjacent to an activating group) is 1. The Morgan fingerprint density at radius 1 is 1.62 bits per heavy atom. The summed E-state index contributed by atoms with van der Waals surface area (Å²) in [6, 6.07) is 4.43. The number of nitrogens with zero attached hydrogens (tertiary/aromatic N) is 3. The smallest absolute Gasteiger partial charge is 0.246 e. The lowest BCUT2D eigenvalue weighted by Crippen LogP contribution is -2.34. The standard InChI is InChI=1S/C16H21N3OS/c1-4-13(18(2)3)5-6-16(20)19-8-7-12-9-14(10-17)21-15(12)11-19/h5-6,9,13H,4,7-8,11H2,1-3H3/b6-5+. The first-order chi connectivity index (χ1) is 10.0. The molecule has 0 N–H and O–H groups in total. The molecule has 4 nitrogen and oxygen atoms in total. The fourth-order valence-corrected chi connectivity index (χ4v) is 3.56. The highest BCUT2D eigenvalue weighted by Gasteiger charge is 2.21. The van der Waals surface area contributed by atoms with Gasteiger partial charge in [-0.25, -0.2) is 0 Å². The van der Waals surface area contributed by atoms with Crippen LogP contribution in [0.5, 0.6) is 0 Å². The Labute approximate surface area is 130 Å². The first-order valence-corrected chi connectivity index (χ1v) is 8.02. The van der Waals surface area contributed by atoms with Gasteiger partial charge in [-0.05, 0) is 38.6 Å². The van der Waals surface area contributed by atoms with Gasteiger partial charge < -0.3 is 9.80 Å². The molecule has 0 radical (unpaired) electrons. The Morgan fingerprint density at radius 2 is 2.38 bits per heavy atom. The second kappa shape index (κ2) is 6.88. The summed E-state index contributed by atoms with van der Waals surface area (Å²) in [6.07, 6.45) is 5.50. The zero-order chi connectivity index (χ0) is 15.4. The predicted molar refractivity (Wildman–Crippen MR) is 85.1 cm³/mol. The number of rotatable bonds is 4. The van der Waals surface area contributed by atoms with Crippen molar-refractivity contribution in [2.45, 2.75) is 32.4 Å². The van der Waals surface area contributed by atoms with Crippen LogP contribution >= 0.6 is 11.3 Å². The Morgan fingerprint density at radius 3 is 3.00 bits per heavy atom. The maximum absolute atomic E-state index is 12.3. The summed E-state index contributed by atoms with van der Waals surface area (Å²) in [5.41, 5.74) is 1.23. The van der Waals surface area contributed by atoms with Crippen molar-refractivity contribution in [2.75, 3.05) is 20.6 Å². The summed E-state index contributed by atoms with van der Waals surface area (Å²) in [5.74, 6) is 0.0628. The molecule has 2 rings (SSSR count). The molecule has 0 aromatic carbocycles. The zero-order valence-electron chi connectivity index (χ0n) is 12.8. The molecule has 0 spiro atoms. The van der Waals surface area contributed by atoms with Crippen molar-refractivity contribution in [2.24, 2.45) is 0 Å². The van der Waals surface area contributed by atoms with Crippen LogP contribution in [0.2, 0.25) is 0 Å². The van der Waals surface area contributed by atoms with Crippen LogP contribution in [0.3, 0.4) is 0 Å². The molecule has 1 aromatic rings. The monoisotopic (exact) mass is 303 g/mol. The van der Waals surface area contributed by atoms with Crippen LogP contribution in [0, 0.1) is 11.3 Å². The lowest BCUT2D eigenvalue weighted by molar-refractivity contribution is -0.126. The normalized spacial score (nSPS) is 16.0. The highest BCUT2D eigenvalue weighted by molar-refractivity contribution is 7.12. The highest BCUT2D eigenvalue weighted by Crippen LogP contribution is 2.27. The van der Waals surface area contributed by atoms with Gasteiger partial charge in [-0.2, -0.15) is 5.26 Å². The largest absolute Gasteiger partial charge is 0.334 e. The third kappa shape index (κ3) is 3.72. The molecule has 0 saturated carbocycles. The van der Waals surface area contributed by atoms with E-state index in [-0.39, 0.29) is 5.91 Å². The molecule has 1 aromatic heterocycles. The van der Waals surface area contributed by atoms with Crippen LogP contribution in [-0.4, -0.2) is 42.4 Å². The van der Waals surface area contributed by atoms with E-state index in [2.05, 4.69) is 17.9 Å². The first-order valence-electron chi connectivity index (χ1n) is 7.20. The van der Waals surface area contributed by atoms with Crippen molar-refractivity contribution < 1.29 is 4.79 Å². The van der Waals surface area contributed by atoms with Gasteiger partial charge in [0, 0.05) is 23.5 Å². The average Bonchev–Trinajstić information content (AvgIpc) is 2.89. The van der Waals surface area contributed by atoms with Crippen LogP contribution in [0.15, 0.2) is 18.2 Å². The minimum Gasteiger partial charge on any atom is -0.334 e. The van der Waals surface area contributed by atoms with Crippen LogP contribution in [0.1, 0.15) is 28.7 Å². The van der Waals surface area contributed by atoms with E-state index in [0.717, 1.165) is 29.1 Å². The number of nitriles is 1. The molecule has 21 heavy (non-hydrogen) atoms. The van der Waals surface area contributed by atoms with Crippen LogP contribution in [0.4, 0.5) is 0 Å². The van der Waals surface area contributed by atoms with Crippen molar-refractivity contribution in [1.29, 1.82) is 5.26 Å². The van der Waals surface area contributed by atoms with Gasteiger partial charge in [0.15, 0.2) is 0 Å². The fourth-order valence-electron chi connectivity index (χ4n) is 2.54. The Kier molecular flexibility index (Phi) is 5.16. The van der Waals surface area contributed by atoms with E-state index < -0.39 is 0 Å². The van der Waals surface area contributed by atoms with Gasteiger partial charge in [-0.1, -0.05) is 13.0 Å². The summed E-state index contributed by atoms with van der Waals surface area (Å²) in [5, 5.41) is 8.95. The molecular formula is C16H21N3OS. The minimum atomic E-state index is 0.0628. The lowest BCUT2D eigenvalue weighted by Gasteiger charge is -2.26. The minimum absolute atomic E-state index is 0.0628. The van der Waals surface area contributed by atoms with Crippen LogP contribution in [-0.2, 0) is 17.8 Å². The SMILES string of the molecule is CCC(/C=C/C(=O)N1CCc2cc(C#N)sc2C1)N(C)C. The van der Waals surface area contributed by atoms with Crippen molar-refractivity contribution in [1.82, 2.24) is 9.80 Å². The Balaban J connectivity index is 2.02. The number of carbonyl (C=O) groups excluding carboxylic acids is 1. The van der Waals surface area contributed by atoms with Crippen molar-refractivity contribution in [3.8, 4) is 6.07 Å². The van der Waals surface area contributed by atoms with Crippen LogP contribution < -0.4 is 0 Å². The zero-order valence-corrected chi connectivity index (χ0v) is 13.6. The van der Waals surface area contributed by atoms with Gasteiger partial charge >= 0.3 is 0 Å². The van der Waals surface area contributed by atoms with Crippen molar-refractivity contribution in [3.63, 3.8) is 0 Å². The quantitative estimate of drug-likeness (QED) is 0.803. The number of hydrogen-bond donors (Lipinski definition) is 0. The van der Waals surface area contributed by atoms with Gasteiger partial charge in [-0.15, -0.1) is 11.3 Å². The third-order valence-electron chi connectivity index (χ3n) is 3.85. The van der Waals surface area contributed by atoms with E-state index in [1.165, 1.54) is 16.9 Å². The topological polar surface area (TPSA) is 47.3 Å². The lowest BCUT2D eigenvalue weighted by atomic mass is 10.1. The van der Waals surface area contributed by atoms with E-state index in [1.54, 1.807) is 6.08 Å². The molecule has 1 aliphatic heterocycles. The summed E-state index contributed by atoms with van der Waals surface area (Å²) in [6.45, 7) is 3.47. The summed E-state index contributed by atoms with van der Waals surface area (Å²) in [4.78, 5) is 18.1. The van der Waals surface area contributed by atoms with Crippen molar-refractivity contribution >= 4 is 17.2 Å². The van der Waals surface area contributed by atoms with Gasteiger partial charge in [0.05, 0.1) is 6.54 Å². The number of fused-ring (bicyclic) bond motifs is 1. The van der Waals surface area contributed by atoms with Gasteiger partial charge in [0.25, 0.3) is 0 Å². The number of thiophene rings is 1. The van der Waals surface area contributed by atoms with Crippen molar-refractivity contribution in [3.05, 3.63) is 33.5 Å². The van der Waals surface area contributed by atoms with Crippen LogP contribution in [0.25, 0.3) is 0 Å². The number of hydrogen-bond acceptors (Lipinski definition) is 4. The molecule has 1 amide bonds. The highest BCUT2D eigenvalue weighted by atomic mass is 32.1. The second-order valence-corrected chi connectivity index (χ2v) is 6.62. The second-order valence-electron chi connectivity index (χ2n) is 5.48. The van der Waals surface area contributed by atoms with E-state index in [9.17, 15) is 4.79 Å². The first kappa shape index (κ1) is 15.7. The van der Waals surface area contributed by atoms with E-state index >= 15 is 0 Å². The maximum atomic E-state index is 12.3. The Bertz CT molecular complexity index is 583. The Hall–Kier alpha value is -1.64. The molecular weight excluding hydrogens is 282 g/mol. The molecule has 0 bridgehead atoms. The average molecular weight is 303 g/mol. The molecule has 1 atom stereocenters. The summed E-state index contributed by atoms with van der Waals surface area (Å²) < 4.78 is 0. The van der Waals surface area contributed by atoms with Gasteiger partial charge in [0.1, 0.15) is 10.9 Å². The molecule has 5 heteroatoms. The molecule has 1 aliphatic rings. The fraction of sp³-hybridized carbons (Fsp3) is 0.500. The molecule has 112 valence electrons. The maximum Gasteiger partial charge on any atom is 0.246 e. The number of carbonyl (C=O) groups is 1.